The highest BCUT2D eigenvalue weighted by molar-refractivity contribution is 5.97. The summed E-state index contributed by atoms with van der Waals surface area (Å²) in [7, 11) is 1.64. The molecule has 3 aromatic rings. The van der Waals surface area contributed by atoms with Crippen molar-refractivity contribution in [3.05, 3.63) is 36.4 Å². The summed E-state index contributed by atoms with van der Waals surface area (Å²) >= 11 is 0. The van der Waals surface area contributed by atoms with E-state index in [4.69, 9.17) is 18.9 Å². The minimum atomic E-state index is -3.07. The van der Waals surface area contributed by atoms with Crippen LogP contribution in [-0.2, 0) is 0 Å². The van der Waals surface area contributed by atoms with Gasteiger partial charge in [0.15, 0.2) is 23.4 Å². The molecule has 0 spiro atoms. The van der Waals surface area contributed by atoms with Crippen LogP contribution < -0.4 is 24.3 Å². The molecule has 2 aromatic carbocycles. The molecular weight excluding hydrogens is 453 g/mol. The van der Waals surface area contributed by atoms with E-state index < -0.39 is 24.4 Å². The number of fused-ring (bicyclic) bond motifs is 2. The van der Waals surface area contributed by atoms with Crippen LogP contribution in [0.25, 0.3) is 10.9 Å². The minimum absolute atomic E-state index is 0.0134. The van der Waals surface area contributed by atoms with Crippen molar-refractivity contribution < 1.29 is 32.1 Å². The standard InChI is InChI=1S/C23H23F3N4O4/c1-3-31-13-8-15-19(17(9-13)34-18-6-7-30(2)10-23(18,25)26)22(28-11-27-15)29-20-14(24)4-5-16-21(20)33-12-32-16/h4-5,8-9,11,18H,3,6-7,10,12H2,1-2H3,(H,27,28,29). The van der Waals surface area contributed by atoms with E-state index in [1.165, 1.54) is 24.5 Å². The summed E-state index contributed by atoms with van der Waals surface area (Å²) in [5.41, 5.74) is 0.402. The topological polar surface area (TPSA) is 78.0 Å². The van der Waals surface area contributed by atoms with Crippen LogP contribution in [0, 0.1) is 5.82 Å². The summed E-state index contributed by atoms with van der Waals surface area (Å²) in [4.78, 5) is 10.1. The third-order valence-corrected chi connectivity index (χ3v) is 5.71. The fourth-order valence-corrected chi connectivity index (χ4v) is 4.14. The van der Waals surface area contributed by atoms with Gasteiger partial charge in [-0.05, 0) is 26.1 Å². The molecule has 0 bridgehead atoms. The van der Waals surface area contributed by atoms with Gasteiger partial charge in [0.1, 0.15) is 29.3 Å². The first-order valence-corrected chi connectivity index (χ1v) is 10.9. The number of anilines is 2. The molecule has 1 atom stereocenters. The van der Waals surface area contributed by atoms with Crippen LogP contribution in [0.2, 0.25) is 0 Å². The zero-order valence-electron chi connectivity index (χ0n) is 18.6. The second kappa shape index (κ2) is 8.71. The molecule has 1 aromatic heterocycles. The van der Waals surface area contributed by atoms with Crippen LogP contribution in [0.1, 0.15) is 13.3 Å². The van der Waals surface area contributed by atoms with Crippen molar-refractivity contribution in [2.75, 3.05) is 38.9 Å². The van der Waals surface area contributed by atoms with Crippen molar-refractivity contribution in [3.63, 3.8) is 0 Å². The Bertz CT molecular complexity index is 1230. The van der Waals surface area contributed by atoms with E-state index in [1.54, 1.807) is 18.0 Å². The Hall–Kier alpha value is -3.47. The van der Waals surface area contributed by atoms with Gasteiger partial charge in [-0.2, -0.15) is 0 Å². The summed E-state index contributed by atoms with van der Waals surface area (Å²) in [5, 5.41) is 3.24. The Kier molecular flexibility index (Phi) is 5.72. The summed E-state index contributed by atoms with van der Waals surface area (Å²) in [6, 6.07) is 5.88. The lowest BCUT2D eigenvalue weighted by Gasteiger charge is -2.36. The van der Waals surface area contributed by atoms with Crippen molar-refractivity contribution in [1.29, 1.82) is 0 Å². The second-order valence-corrected chi connectivity index (χ2v) is 8.15. The van der Waals surface area contributed by atoms with Crippen LogP contribution in [0.3, 0.4) is 0 Å². The first-order chi connectivity index (χ1) is 16.4. The van der Waals surface area contributed by atoms with E-state index in [9.17, 15) is 13.2 Å². The first kappa shape index (κ1) is 22.3. The van der Waals surface area contributed by atoms with Crippen molar-refractivity contribution in [2.24, 2.45) is 0 Å². The molecule has 2 aliphatic rings. The highest BCUT2D eigenvalue weighted by atomic mass is 19.3. The number of halogens is 3. The normalized spacial score (nSPS) is 19.3. The van der Waals surface area contributed by atoms with Gasteiger partial charge >= 0.3 is 0 Å². The maximum absolute atomic E-state index is 14.8. The summed E-state index contributed by atoms with van der Waals surface area (Å²) in [5.74, 6) is -2.39. The Morgan fingerprint density at radius 3 is 2.88 bits per heavy atom. The van der Waals surface area contributed by atoms with Crippen molar-refractivity contribution in [2.45, 2.75) is 25.4 Å². The van der Waals surface area contributed by atoms with Gasteiger partial charge in [0.25, 0.3) is 5.92 Å². The van der Waals surface area contributed by atoms with E-state index in [0.717, 1.165) is 0 Å². The monoisotopic (exact) mass is 476 g/mol. The number of aromatic nitrogens is 2. The summed E-state index contributed by atoms with van der Waals surface area (Å²) in [6.07, 6.45) is 0.0605. The van der Waals surface area contributed by atoms with Gasteiger partial charge in [0.2, 0.25) is 6.79 Å². The number of likely N-dealkylation sites (tertiary alicyclic amines) is 1. The number of rotatable bonds is 6. The Morgan fingerprint density at radius 1 is 1.24 bits per heavy atom. The third-order valence-electron chi connectivity index (χ3n) is 5.71. The van der Waals surface area contributed by atoms with Gasteiger partial charge in [-0.25, -0.2) is 23.1 Å². The van der Waals surface area contributed by atoms with E-state index in [0.29, 0.717) is 35.6 Å². The fourth-order valence-electron chi connectivity index (χ4n) is 4.14. The lowest BCUT2D eigenvalue weighted by molar-refractivity contribution is -0.134. The zero-order chi connectivity index (χ0) is 23.9. The van der Waals surface area contributed by atoms with Crippen LogP contribution in [0.5, 0.6) is 23.0 Å². The smallest absolute Gasteiger partial charge is 0.296 e. The number of hydrogen-bond donors (Lipinski definition) is 1. The molecule has 1 fully saturated rings. The van der Waals surface area contributed by atoms with Gasteiger partial charge in [0, 0.05) is 25.1 Å². The molecule has 0 amide bonds. The molecule has 34 heavy (non-hydrogen) atoms. The van der Waals surface area contributed by atoms with Gasteiger partial charge in [0.05, 0.1) is 24.1 Å². The van der Waals surface area contributed by atoms with E-state index in [-0.39, 0.29) is 36.2 Å². The van der Waals surface area contributed by atoms with Crippen molar-refractivity contribution in [3.8, 4) is 23.0 Å². The lowest BCUT2D eigenvalue weighted by Crippen LogP contribution is -2.52. The molecular formula is C23H23F3N4O4. The van der Waals surface area contributed by atoms with Crippen LogP contribution in [0.4, 0.5) is 24.7 Å². The fraction of sp³-hybridized carbons (Fsp3) is 0.391. The van der Waals surface area contributed by atoms with E-state index >= 15 is 0 Å². The molecule has 0 saturated carbocycles. The molecule has 0 aliphatic carbocycles. The summed E-state index contributed by atoms with van der Waals surface area (Å²) in [6.45, 7) is 2.17. The van der Waals surface area contributed by atoms with Crippen LogP contribution in [0.15, 0.2) is 30.6 Å². The number of benzene rings is 2. The Balaban J connectivity index is 1.60. The maximum Gasteiger partial charge on any atom is 0.296 e. The first-order valence-electron chi connectivity index (χ1n) is 10.9. The van der Waals surface area contributed by atoms with E-state index in [2.05, 4.69) is 15.3 Å². The Labute approximate surface area is 193 Å². The predicted molar refractivity (Wildman–Crippen MR) is 118 cm³/mol. The maximum atomic E-state index is 14.8. The van der Waals surface area contributed by atoms with Gasteiger partial charge in [-0.15, -0.1) is 0 Å². The van der Waals surface area contributed by atoms with Crippen molar-refractivity contribution >= 4 is 22.4 Å². The average Bonchev–Trinajstić information content (AvgIpc) is 3.26. The minimum Gasteiger partial charge on any atom is -0.494 e. The van der Waals surface area contributed by atoms with Gasteiger partial charge in [-0.1, -0.05) is 0 Å². The number of nitrogens with zero attached hydrogens (tertiary/aromatic N) is 3. The summed E-state index contributed by atoms with van der Waals surface area (Å²) < 4.78 is 66.5. The number of hydrogen-bond acceptors (Lipinski definition) is 8. The number of alkyl halides is 2. The molecule has 11 heteroatoms. The molecule has 1 saturated heterocycles. The zero-order valence-corrected chi connectivity index (χ0v) is 18.6. The van der Waals surface area contributed by atoms with Crippen molar-refractivity contribution in [1.82, 2.24) is 14.9 Å². The lowest BCUT2D eigenvalue weighted by atomic mass is 10.0. The molecule has 8 nitrogen and oxygen atoms in total. The highest BCUT2D eigenvalue weighted by Gasteiger charge is 2.45. The molecule has 3 heterocycles. The molecule has 1 N–H and O–H groups in total. The Morgan fingerprint density at radius 2 is 2.09 bits per heavy atom. The SMILES string of the molecule is CCOc1cc(OC2CCN(C)CC2(F)F)c2c(Nc3c(F)ccc4c3OCO4)ncnc2c1. The quantitative estimate of drug-likeness (QED) is 0.563. The predicted octanol–water partition coefficient (Wildman–Crippen LogP) is 4.36. The van der Waals surface area contributed by atoms with Crippen LogP contribution in [-0.4, -0.2) is 60.4 Å². The molecule has 180 valence electrons. The number of ether oxygens (including phenoxy) is 4. The van der Waals surface area contributed by atoms with Gasteiger partial charge in [-0.3, -0.25) is 0 Å². The third kappa shape index (κ3) is 4.11. The average molecular weight is 476 g/mol. The molecule has 2 aliphatic heterocycles. The highest BCUT2D eigenvalue weighted by Crippen LogP contribution is 2.44. The van der Waals surface area contributed by atoms with Gasteiger partial charge < -0.3 is 29.2 Å². The number of piperidine rings is 1. The van der Waals surface area contributed by atoms with Crippen LogP contribution >= 0.6 is 0 Å². The molecule has 0 radical (unpaired) electrons. The second-order valence-electron chi connectivity index (χ2n) is 8.15. The van der Waals surface area contributed by atoms with E-state index in [1.807, 2.05) is 6.92 Å². The molecule has 5 rings (SSSR count). The number of nitrogens with one attached hydrogen (secondary N) is 1. The largest absolute Gasteiger partial charge is 0.494 e. The molecule has 1 unspecified atom stereocenters.